The lowest BCUT2D eigenvalue weighted by atomic mass is 10.1. The molecule has 0 fully saturated rings. The van der Waals surface area contributed by atoms with Gasteiger partial charge in [-0.2, -0.15) is 0 Å². The van der Waals surface area contributed by atoms with Crippen LogP contribution in [0, 0.1) is 5.92 Å². The van der Waals surface area contributed by atoms with Crippen LogP contribution in [0.15, 0.2) is 12.4 Å². The molecule has 0 aliphatic heterocycles. The minimum absolute atomic E-state index is 0.234. The van der Waals surface area contributed by atoms with Gasteiger partial charge >= 0.3 is 5.97 Å². The number of nitrogens with one attached hydrogen (secondary N) is 2. The van der Waals surface area contributed by atoms with Crippen LogP contribution in [0.1, 0.15) is 24.0 Å². The minimum atomic E-state index is -0.859. The van der Waals surface area contributed by atoms with Crippen molar-refractivity contribution in [3.63, 3.8) is 0 Å². The van der Waals surface area contributed by atoms with Crippen molar-refractivity contribution >= 4 is 11.9 Å². The molecule has 0 saturated heterocycles. The van der Waals surface area contributed by atoms with Gasteiger partial charge in [0.2, 0.25) is 0 Å². The van der Waals surface area contributed by atoms with Crippen LogP contribution in [0.3, 0.4) is 0 Å². The van der Waals surface area contributed by atoms with Gasteiger partial charge in [0.1, 0.15) is 0 Å². The van der Waals surface area contributed by atoms with E-state index in [-0.39, 0.29) is 11.7 Å². The molecule has 0 aliphatic rings. The van der Waals surface area contributed by atoms with Crippen LogP contribution in [-0.4, -0.2) is 33.5 Å². The number of carboxylic acid groups (broad SMARTS) is 1. The zero-order valence-electron chi connectivity index (χ0n) is 8.36. The van der Waals surface area contributed by atoms with Crippen molar-refractivity contribution in [2.75, 3.05) is 6.54 Å². The van der Waals surface area contributed by atoms with Crippen LogP contribution < -0.4 is 5.32 Å². The number of amides is 1. The molecule has 0 aliphatic carbocycles. The second-order valence-corrected chi connectivity index (χ2v) is 3.22. The number of aromatic nitrogens is 2. The lowest BCUT2D eigenvalue weighted by molar-refractivity contribution is -0.141. The van der Waals surface area contributed by atoms with Crippen LogP contribution in [0.4, 0.5) is 0 Å². The molecule has 6 nitrogen and oxygen atoms in total. The number of hydrogen-bond donors (Lipinski definition) is 3. The highest BCUT2D eigenvalue weighted by atomic mass is 16.4. The standard InChI is InChI=1S/C9H13N3O3/c1-6(9(14)15)2-3-12-8(13)7-10-4-5-11-7/h4-6H,2-3H2,1H3,(H,10,11)(H,12,13)(H,14,15)/t6-/m1/s1. The molecule has 1 amide bonds. The fourth-order valence-electron chi connectivity index (χ4n) is 0.999. The second kappa shape index (κ2) is 5.14. The molecule has 82 valence electrons. The summed E-state index contributed by atoms with van der Waals surface area (Å²) in [6.45, 7) is 1.92. The van der Waals surface area contributed by atoms with Crippen molar-refractivity contribution in [2.45, 2.75) is 13.3 Å². The molecular formula is C9H13N3O3. The summed E-state index contributed by atoms with van der Waals surface area (Å²) in [6, 6.07) is 0. The van der Waals surface area contributed by atoms with Gasteiger partial charge in [0, 0.05) is 18.9 Å². The molecule has 3 N–H and O–H groups in total. The maximum Gasteiger partial charge on any atom is 0.306 e. The van der Waals surface area contributed by atoms with E-state index in [2.05, 4.69) is 15.3 Å². The number of imidazole rings is 1. The first-order valence-corrected chi connectivity index (χ1v) is 4.61. The molecule has 0 unspecified atom stereocenters. The van der Waals surface area contributed by atoms with Crippen molar-refractivity contribution in [1.82, 2.24) is 15.3 Å². The number of H-pyrrole nitrogens is 1. The average Bonchev–Trinajstić information content (AvgIpc) is 2.70. The smallest absolute Gasteiger partial charge is 0.306 e. The topological polar surface area (TPSA) is 95.1 Å². The van der Waals surface area contributed by atoms with Gasteiger partial charge in [0.05, 0.1) is 5.92 Å². The molecule has 1 rings (SSSR count). The third kappa shape index (κ3) is 3.41. The molecule has 0 bridgehead atoms. The Bertz CT molecular complexity index is 334. The Morgan fingerprint density at radius 1 is 1.67 bits per heavy atom. The predicted molar refractivity (Wildman–Crippen MR) is 52.3 cm³/mol. The van der Waals surface area contributed by atoms with E-state index in [1.54, 1.807) is 13.1 Å². The van der Waals surface area contributed by atoms with Gasteiger partial charge in [-0.05, 0) is 6.42 Å². The van der Waals surface area contributed by atoms with Gasteiger partial charge in [-0.3, -0.25) is 9.59 Å². The summed E-state index contributed by atoms with van der Waals surface area (Å²) in [6.07, 6.45) is 3.44. The Balaban J connectivity index is 2.27. The largest absolute Gasteiger partial charge is 0.481 e. The molecule has 6 heteroatoms. The van der Waals surface area contributed by atoms with E-state index in [0.29, 0.717) is 13.0 Å². The van der Waals surface area contributed by atoms with Crippen LogP contribution in [-0.2, 0) is 4.79 Å². The number of carbonyl (C=O) groups is 2. The maximum absolute atomic E-state index is 11.3. The maximum atomic E-state index is 11.3. The Hall–Kier alpha value is -1.85. The highest BCUT2D eigenvalue weighted by Gasteiger charge is 2.12. The number of carbonyl (C=O) groups excluding carboxylic acids is 1. The molecule has 0 spiro atoms. The van der Waals surface area contributed by atoms with Crippen molar-refractivity contribution in [1.29, 1.82) is 0 Å². The fraction of sp³-hybridized carbons (Fsp3) is 0.444. The zero-order chi connectivity index (χ0) is 11.3. The van der Waals surface area contributed by atoms with Gasteiger partial charge in [0.25, 0.3) is 5.91 Å². The van der Waals surface area contributed by atoms with E-state index in [1.807, 2.05) is 0 Å². The normalized spacial score (nSPS) is 12.1. The minimum Gasteiger partial charge on any atom is -0.481 e. The van der Waals surface area contributed by atoms with Gasteiger partial charge in [0.15, 0.2) is 5.82 Å². The first-order valence-electron chi connectivity index (χ1n) is 4.61. The molecule has 15 heavy (non-hydrogen) atoms. The van der Waals surface area contributed by atoms with Gasteiger partial charge in [-0.1, -0.05) is 6.92 Å². The summed E-state index contributed by atoms with van der Waals surface area (Å²) in [5, 5.41) is 11.2. The van der Waals surface area contributed by atoms with E-state index in [1.165, 1.54) is 6.20 Å². The number of aromatic amines is 1. The van der Waals surface area contributed by atoms with Crippen LogP contribution >= 0.6 is 0 Å². The number of rotatable bonds is 5. The SMILES string of the molecule is C[C@H](CCNC(=O)c1ncc[nH]1)C(=O)O. The van der Waals surface area contributed by atoms with Crippen molar-refractivity contribution < 1.29 is 14.7 Å². The lowest BCUT2D eigenvalue weighted by Crippen LogP contribution is -2.27. The molecular weight excluding hydrogens is 198 g/mol. The van der Waals surface area contributed by atoms with E-state index in [4.69, 9.17) is 5.11 Å². The number of carboxylic acids is 1. The van der Waals surface area contributed by atoms with E-state index >= 15 is 0 Å². The van der Waals surface area contributed by atoms with Crippen molar-refractivity contribution in [2.24, 2.45) is 5.92 Å². The van der Waals surface area contributed by atoms with Gasteiger partial charge in [-0.25, -0.2) is 4.98 Å². The summed E-state index contributed by atoms with van der Waals surface area (Å²) in [5.74, 6) is -1.40. The average molecular weight is 211 g/mol. The Labute approximate surface area is 86.7 Å². The highest BCUT2D eigenvalue weighted by Crippen LogP contribution is 1.99. The summed E-state index contributed by atoms with van der Waals surface area (Å²) >= 11 is 0. The summed E-state index contributed by atoms with van der Waals surface area (Å²) < 4.78 is 0. The quantitative estimate of drug-likeness (QED) is 0.650. The molecule has 0 saturated carbocycles. The Kier molecular flexibility index (Phi) is 3.84. The van der Waals surface area contributed by atoms with E-state index < -0.39 is 11.9 Å². The second-order valence-electron chi connectivity index (χ2n) is 3.22. The Morgan fingerprint density at radius 2 is 2.40 bits per heavy atom. The molecule has 1 aromatic rings. The van der Waals surface area contributed by atoms with Gasteiger partial charge < -0.3 is 15.4 Å². The van der Waals surface area contributed by atoms with Crippen LogP contribution in [0.5, 0.6) is 0 Å². The number of aliphatic carboxylic acids is 1. The molecule has 0 aromatic carbocycles. The first kappa shape index (κ1) is 11.2. The van der Waals surface area contributed by atoms with Gasteiger partial charge in [-0.15, -0.1) is 0 Å². The van der Waals surface area contributed by atoms with E-state index in [0.717, 1.165) is 0 Å². The first-order chi connectivity index (χ1) is 7.11. The lowest BCUT2D eigenvalue weighted by Gasteiger charge is -2.06. The number of hydrogen-bond acceptors (Lipinski definition) is 3. The highest BCUT2D eigenvalue weighted by molar-refractivity contribution is 5.90. The van der Waals surface area contributed by atoms with Crippen molar-refractivity contribution in [3.8, 4) is 0 Å². The fourth-order valence-corrected chi connectivity index (χ4v) is 0.999. The Morgan fingerprint density at radius 3 is 2.93 bits per heavy atom. The molecule has 0 radical (unpaired) electrons. The molecule has 1 heterocycles. The number of nitrogens with zero attached hydrogens (tertiary/aromatic N) is 1. The third-order valence-electron chi connectivity index (χ3n) is 2.00. The predicted octanol–water partition coefficient (Wildman–Crippen LogP) is 0.250. The zero-order valence-corrected chi connectivity index (χ0v) is 8.36. The van der Waals surface area contributed by atoms with Crippen LogP contribution in [0.25, 0.3) is 0 Å². The van der Waals surface area contributed by atoms with Crippen LogP contribution in [0.2, 0.25) is 0 Å². The summed E-state index contributed by atoms with van der Waals surface area (Å²) in [4.78, 5) is 28.2. The summed E-state index contributed by atoms with van der Waals surface area (Å²) in [7, 11) is 0. The summed E-state index contributed by atoms with van der Waals surface area (Å²) in [5.41, 5.74) is 0. The third-order valence-corrected chi connectivity index (χ3v) is 2.00. The van der Waals surface area contributed by atoms with E-state index in [9.17, 15) is 9.59 Å². The molecule has 1 atom stereocenters. The molecule has 1 aromatic heterocycles. The monoisotopic (exact) mass is 211 g/mol. The van der Waals surface area contributed by atoms with Crippen molar-refractivity contribution in [3.05, 3.63) is 18.2 Å².